The Morgan fingerprint density at radius 2 is 1.94 bits per heavy atom. The summed E-state index contributed by atoms with van der Waals surface area (Å²) in [6.07, 6.45) is 0. The first-order valence-electron chi connectivity index (χ1n) is 5.17. The fourth-order valence-electron chi connectivity index (χ4n) is 1.45. The van der Waals surface area contributed by atoms with Gasteiger partial charge in [0, 0.05) is 10.6 Å². The third-order valence-corrected chi connectivity index (χ3v) is 3.76. The molecule has 0 heterocycles. The third-order valence-electron chi connectivity index (χ3n) is 2.34. The molecule has 0 amide bonds. The first-order chi connectivity index (χ1) is 8.61. The molecule has 5 heteroatoms. The van der Waals surface area contributed by atoms with Gasteiger partial charge in [0.1, 0.15) is 11.6 Å². The van der Waals surface area contributed by atoms with Crippen molar-refractivity contribution in [1.82, 2.24) is 0 Å². The predicted octanol–water partition coefficient (Wildman–Crippen LogP) is 4.22. The summed E-state index contributed by atoms with van der Waals surface area (Å²) < 4.78 is 18.4. The Labute approximate surface area is 114 Å². The van der Waals surface area contributed by atoms with Gasteiger partial charge in [-0.25, -0.2) is 4.39 Å². The fourth-order valence-corrected chi connectivity index (χ4v) is 2.67. The summed E-state index contributed by atoms with van der Waals surface area (Å²) >= 11 is 7.14. The van der Waals surface area contributed by atoms with Gasteiger partial charge in [-0.3, -0.25) is 0 Å². The zero-order valence-corrected chi connectivity index (χ0v) is 11.2. The van der Waals surface area contributed by atoms with Crippen molar-refractivity contribution in [2.24, 2.45) is 0 Å². The second-order valence-corrected chi connectivity index (χ2v) is 5.05. The first-order valence-corrected chi connectivity index (χ1v) is 6.36. The minimum absolute atomic E-state index is 0.0570. The summed E-state index contributed by atoms with van der Waals surface area (Å²) in [6, 6.07) is 10.3. The maximum absolute atomic E-state index is 13.2. The Balaban J connectivity index is 2.37. The maximum Gasteiger partial charge on any atom is 0.143 e. The van der Waals surface area contributed by atoms with Gasteiger partial charge in [-0.2, -0.15) is 0 Å². The molecule has 18 heavy (non-hydrogen) atoms. The van der Waals surface area contributed by atoms with E-state index in [1.54, 1.807) is 7.11 Å². The number of nitrogen functional groups attached to an aromatic ring is 1. The molecule has 0 aliphatic rings. The van der Waals surface area contributed by atoms with Crippen LogP contribution >= 0.6 is 23.4 Å². The highest BCUT2D eigenvalue weighted by molar-refractivity contribution is 7.99. The molecule has 0 atom stereocenters. The minimum atomic E-state index is -0.515. The molecule has 94 valence electrons. The van der Waals surface area contributed by atoms with E-state index in [9.17, 15) is 4.39 Å². The number of halogens is 2. The lowest BCUT2D eigenvalue weighted by Gasteiger charge is -2.10. The normalized spacial score (nSPS) is 10.4. The molecule has 2 aromatic carbocycles. The smallest absolute Gasteiger partial charge is 0.143 e. The lowest BCUT2D eigenvalue weighted by atomic mass is 10.3. The molecule has 2 aromatic rings. The number of para-hydroxylation sites is 1. The van der Waals surface area contributed by atoms with Crippen LogP contribution in [0.1, 0.15) is 0 Å². The zero-order valence-electron chi connectivity index (χ0n) is 9.61. The lowest BCUT2D eigenvalue weighted by Crippen LogP contribution is -1.92. The summed E-state index contributed by atoms with van der Waals surface area (Å²) in [5.41, 5.74) is 6.12. The van der Waals surface area contributed by atoms with Crippen LogP contribution in [0, 0.1) is 5.82 Å². The summed E-state index contributed by atoms with van der Waals surface area (Å²) in [5.74, 6) is 0.223. The molecular formula is C13H11ClFNOS. The number of methoxy groups -OCH3 is 1. The average molecular weight is 284 g/mol. The van der Waals surface area contributed by atoms with Crippen molar-refractivity contribution >= 4 is 29.1 Å². The number of ether oxygens (including phenoxy) is 1. The van der Waals surface area contributed by atoms with Crippen LogP contribution in [0.25, 0.3) is 0 Å². The molecular weight excluding hydrogens is 273 g/mol. The highest BCUT2D eigenvalue weighted by atomic mass is 35.5. The van der Waals surface area contributed by atoms with Gasteiger partial charge in [0.25, 0.3) is 0 Å². The van der Waals surface area contributed by atoms with Crippen LogP contribution in [-0.2, 0) is 0 Å². The van der Waals surface area contributed by atoms with Crippen LogP contribution in [0.3, 0.4) is 0 Å². The Morgan fingerprint density at radius 1 is 1.22 bits per heavy atom. The van der Waals surface area contributed by atoms with Gasteiger partial charge in [-0.05, 0) is 24.3 Å². The summed E-state index contributed by atoms with van der Waals surface area (Å²) in [7, 11) is 1.60. The molecule has 0 saturated carbocycles. The minimum Gasteiger partial charge on any atom is -0.496 e. The number of anilines is 1. The molecule has 0 unspecified atom stereocenters. The van der Waals surface area contributed by atoms with Crippen molar-refractivity contribution in [2.75, 3.05) is 12.8 Å². The van der Waals surface area contributed by atoms with Crippen molar-refractivity contribution in [3.63, 3.8) is 0 Å². The molecule has 0 fully saturated rings. The van der Waals surface area contributed by atoms with E-state index in [1.165, 1.54) is 23.9 Å². The van der Waals surface area contributed by atoms with Crippen molar-refractivity contribution < 1.29 is 9.13 Å². The third kappa shape index (κ3) is 2.71. The number of nitrogens with two attached hydrogens (primary N) is 1. The largest absolute Gasteiger partial charge is 0.496 e. The second-order valence-electron chi connectivity index (χ2n) is 3.56. The van der Waals surface area contributed by atoms with Gasteiger partial charge in [0.2, 0.25) is 0 Å². The van der Waals surface area contributed by atoms with Crippen molar-refractivity contribution in [1.29, 1.82) is 0 Å². The van der Waals surface area contributed by atoms with Gasteiger partial charge < -0.3 is 10.5 Å². The van der Waals surface area contributed by atoms with Crippen LogP contribution in [0.5, 0.6) is 5.75 Å². The van der Waals surface area contributed by atoms with Gasteiger partial charge in [-0.15, -0.1) is 0 Å². The van der Waals surface area contributed by atoms with Crippen LogP contribution in [0.4, 0.5) is 10.1 Å². The Hall–Kier alpha value is -1.39. The lowest BCUT2D eigenvalue weighted by molar-refractivity contribution is 0.405. The number of hydrogen-bond acceptors (Lipinski definition) is 3. The summed E-state index contributed by atoms with van der Waals surface area (Å²) in [4.78, 5) is 1.60. The van der Waals surface area contributed by atoms with Gasteiger partial charge in [-0.1, -0.05) is 35.5 Å². The molecule has 0 bridgehead atoms. The fraction of sp³-hybridized carbons (Fsp3) is 0.0769. The zero-order chi connectivity index (χ0) is 13.1. The van der Waals surface area contributed by atoms with E-state index in [2.05, 4.69) is 0 Å². The molecule has 0 aromatic heterocycles. The molecule has 2 N–H and O–H groups in total. The van der Waals surface area contributed by atoms with E-state index >= 15 is 0 Å². The number of rotatable bonds is 3. The van der Waals surface area contributed by atoms with Crippen molar-refractivity contribution in [2.45, 2.75) is 9.79 Å². The van der Waals surface area contributed by atoms with Crippen LogP contribution < -0.4 is 10.5 Å². The average Bonchev–Trinajstić information content (AvgIpc) is 2.36. The second kappa shape index (κ2) is 5.50. The van der Waals surface area contributed by atoms with Gasteiger partial charge >= 0.3 is 0 Å². The Bertz CT molecular complexity index is 577. The van der Waals surface area contributed by atoms with Crippen LogP contribution in [0.15, 0.2) is 46.2 Å². The highest BCUT2D eigenvalue weighted by Crippen LogP contribution is 2.39. The first kappa shape index (κ1) is 13.1. The van der Waals surface area contributed by atoms with Crippen LogP contribution in [0.2, 0.25) is 5.02 Å². The van der Waals surface area contributed by atoms with E-state index in [4.69, 9.17) is 22.1 Å². The van der Waals surface area contributed by atoms with E-state index < -0.39 is 5.82 Å². The topological polar surface area (TPSA) is 35.2 Å². The molecule has 0 aliphatic carbocycles. The highest BCUT2D eigenvalue weighted by Gasteiger charge is 2.10. The maximum atomic E-state index is 13.2. The van der Waals surface area contributed by atoms with E-state index in [0.29, 0.717) is 10.6 Å². The molecule has 2 rings (SSSR count). The molecule has 0 saturated heterocycles. The molecule has 0 spiro atoms. The predicted molar refractivity (Wildman–Crippen MR) is 72.9 cm³/mol. The van der Waals surface area contributed by atoms with E-state index in [1.807, 2.05) is 24.3 Å². The Kier molecular flexibility index (Phi) is 3.99. The Morgan fingerprint density at radius 3 is 2.67 bits per heavy atom. The SMILES string of the molecule is COc1ccccc1Sc1cc(Cl)c(F)cc1N. The number of benzene rings is 2. The molecule has 0 aliphatic heterocycles. The number of hydrogen-bond donors (Lipinski definition) is 1. The van der Waals surface area contributed by atoms with Crippen LogP contribution in [-0.4, -0.2) is 7.11 Å². The quantitative estimate of drug-likeness (QED) is 0.857. The summed E-state index contributed by atoms with van der Waals surface area (Å²) in [5, 5.41) is 0.0570. The van der Waals surface area contributed by atoms with Crippen molar-refractivity contribution in [3.8, 4) is 5.75 Å². The molecule has 2 nitrogen and oxygen atoms in total. The van der Waals surface area contributed by atoms with Gasteiger partial charge in [0.15, 0.2) is 0 Å². The monoisotopic (exact) mass is 283 g/mol. The van der Waals surface area contributed by atoms with Gasteiger partial charge in [0.05, 0.1) is 17.0 Å². The van der Waals surface area contributed by atoms with Crippen molar-refractivity contribution in [3.05, 3.63) is 47.2 Å². The standard InChI is InChI=1S/C13H11ClFNOS/c1-17-11-4-2-3-5-12(11)18-13-6-8(14)9(15)7-10(13)16/h2-7H,16H2,1H3. The molecule has 0 radical (unpaired) electrons. The van der Waals surface area contributed by atoms with E-state index in [0.717, 1.165) is 10.6 Å². The summed E-state index contributed by atoms with van der Waals surface area (Å²) in [6.45, 7) is 0. The van der Waals surface area contributed by atoms with E-state index in [-0.39, 0.29) is 5.02 Å².